The zero-order valence-electron chi connectivity index (χ0n) is 11.9. The largest absolute Gasteiger partial charge is 0.313 e. The van der Waals surface area contributed by atoms with E-state index >= 15 is 0 Å². The molecule has 0 aromatic rings. The lowest BCUT2D eigenvalue weighted by Gasteiger charge is -2.08. The van der Waals surface area contributed by atoms with Crippen molar-refractivity contribution in [2.24, 2.45) is 16.7 Å². The van der Waals surface area contributed by atoms with E-state index in [9.17, 15) is 8.42 Å². The van der Waals surface area contributed by atoms with Crippen molar-refractivity contribution in [1.82, 2.24) is 10.0 Å². The summed E-state index contributed by atoms with van der Waals surface area (Å²) in [7, 11) is -3.12. The van der Waals surface area contributed by atoms with Crippen molar-refractivity contribution in [3.8, 4) is 0 Å². The van der Waals surface area contributed by atoms with E-state index in [0.29, 0.717) is 25.0 Å². The van der Waals surface area contributed by atoms with Crippen molar-refractivity contribution in [3.63, 3.8) is 0 Å². The summed E-state index contributed by atoms with van der Waals surface area (Å²) in [5, 5.41) is 3.23. The molecule has 0 amide bonds. The highest BCUT2D eigenvalue weighted by Gasteiger charge is 2.64. The minimum Gasteiger partial charge on any atom is -0.313 e. The van der Waals surface area contributed by atoms with E-state index in [1.807, 2.05) is 0 Å². The van der Waals surface area contributed by atoms with E-state index in [0.717, 1.165) is 0 Å². The van der Waals surface area contributed by atoms with Gasteiger partial charge in [0.25, 0.3) is 0 Å². The second-order valence-corrected chi connectivity index (χ2v) is 8.82. The maximum Gasteiger partial charge on any atom is 0.212 e. The van der Waals surface area contributed by atoms with Crippen LogP contribution in [0.2, 0.25) is 0 Å². The van der Waals surface area contributed by atoms with Gasteiger partial charge in [-0.1, -0.05) is 27.7 Å². The molecular formula is C13H26N2O2S. The standard InChI is InChI=1S/C13H26N2O2S/c1-12(2)11(13(12,3)4)9-15-18(16,17)8-7-14-10-5-6-10/h10-11,14-15H,5-9H2,1-4H3. The van der Waals surface area contributed by atoms with Gasteiger partial charge in [-0.15, -0.1) is 0 Å². The first-order valence-corrected chi connectivity index (χ1v) is 8.53. The number of hydrogen-bond acceptors (Lipinski definition) is 3. The van der Waals surface area contributed by atoms with Gasteiger partial charge in [0.1, 0.15) is 0 Å². The quantitative estimate of drug-likeness (QED) is 0.736. The second kappa shape index (κ2) is 4.46. The lowest BCUT2D eigenvalue weighted by Crippen LogP contribution is -2.34. The van der Waals surface area contributed by atoms with Gasteiger partial charge in [-0.3, -0.25) is 0 Å². The van der Waals surface area contributed by atoms with Crippen molar-refractivity contribution in [2.45, 2.75) is 46.6 Å². The van der Waals surface area contributed by atoms with E-state index in [-0.39, 0.29) is 16.6 Å². The Balaban J connectivity index is 1.72. The van der Waals surface area contributed by atoms with Crippen LogP contribution >= 0.6 is 0 Å². The topological polar surface area (TPSA) is 58.2 Å². The molecule has 2 aliphatic carbocycles. The monoisotopic (exact) mass is 274 g/mol. The molecule has 0 aliphatic heterocycles. The maximum absolute atomic E-state index is 11.8. The number of rotatable bonds is 7. The molecule has 2 rings (SSSR count). The minimum atomic E-state index is -3.12. The van der Waals surface area contributed by atoms with E-state index in [1.165, 1.54) is 12.8 Å². The lowest BCUT2D eigenvalue weighted by atomic mass is 10.0. The van der Waals surface area contributed by atoms with E-state index < -0.39 is 10.0 Å². The van der Waals surface area contributed by atoms with Crippen molar-refractivity contribution in [2.75, 3.05) is 18.8 Å². The van der Waals surface area contributed by atoms with Gasteiger partial charge >= 0.3 is 0 Å². The molecule has 0 heterocycles. The second-order valence-electron chi connectivity index (χ2n) is 6.89. The van der Waals surface area contributed by atoms with Crippen LogP contribution in [0.25, 0.3) is 0 Å². The van der Waals surface area contributed by atoms with Crippen LogP contribution in [0, 0.1) is 16.7 Å². The van der Waals surface area contributed by atoms with Gasteiger partial charge in [0.15, 0.2) is 0 Å². The number of nitrogens with one attached hydrogen (secondary N) is 2. The molecule has 0 saturated heterocycles. The summed E-state index contributed by atoms with van der Waals surface area (Å²) in [5.41, 5.74) is 0.476. The average Bonchev–Trinajstić information content (AvgIpc) is 3.06. The highest BCUT2D eigenvalue weighted by atomic mass is 32.2. The van der Waals surface area contributed by atoms with Gasteiger partial charge in [-0.2, -0.15) is 0 Å². The zero-order valence-corrected chi connectivity index (χ0v) is 12.7. The third-order valence-corrected chi connectivity index (χ3v) is 6.56. The molecule has 2 aliphatic rings. The van der Waals surface area contributed by atoms with Crippen molar-refractivity contribution < 1.29 is 8.42 Å². The Morgan fingerprint density at radius 3 is 2.11 bits per heavy atom. The average molecular weight is 274 g/mol. The maximum atomic E-state index is 11.8. The van der Waals surface area contributed by atoms with Crippen LogP contribution in [0.4, 0.5) is 0 Å². The molecule has 106 valence electrons. The molecule has 2 fully saturated rings. The molecule has 4 nitrogen and oxygen atoms in total. The Morgan fingerprint density at radius 2 is 1.67 bits per heavy atom. The Labute approximate surface area is 111 Å². The Bertz CT molecular complexity index is 397. The van der Waals surface area contributed by atoms with Gasteiger partial charge in [0, 0.05) is 19.1 Å². The number of sulfonamides is 1. The molecule has 18 heavy (non-hydrogen) atoms. The molecule has 5 heteroatoms. The first-order chi connectivity index (χ1) is 8.17. The van der Waals surface area contributed by atoms with Gasteiger partial charge in [-0.25, -0.2) is 13.1 Å². The van der Waals surface area contributed by atoms with Gasteiger partial charge in [0.05, 0.1) is 5.75 Å². The van der Waals surface area contributed by atoms with Crippen LogP contribution in [0.3, 0.4) is 0 Å². The predicted molar refractivity (Wildman–Crippen MR) is 73.9 cm³/mol. The third kappa shape index (κ3) is 2.89. The molecule has 0 atom stereocenters. The van der Waals surface area contributed by atoms with Crippen LogP contribution in [-0.4, -0.2) is 33.3 Å². The van der Waals surface area contributed by atoms with Crippen molar-refractivity contribution in [1.29, 1.82) is 0 Å². The fraction of sp³-hybridized carbons (Fsp3) is 1.00. The fourth-order valence-corrected chi connectivity index (χ4v) is 3.76. The summed E-state index contributed by atoms with van der Waals surface area (Å²) >= 11 is 0. The summed E-state index contributed by atoms with van der Waals surface area (Å²) in [5.74, 6) is 0.632. The minimum absolute atomic E-state index is 0.192. The Kier molecular flexibility index (Phi) is 3.54. The van der Waals surface area contributed by atoms with Crippen molar-refractivity contribution >= 4 is 10.0 Å². The van der Waals surface area contributed by atoms with Crippen LogP contribution in [-0.2, 0) is 10.0 Å². The van der Waals surface area contributed by atoms with Crippen LogP contribution in [0.5, 0.6) is 0 Å². The van der Waals surface area contributed by atoms with Crippen molar-refractivity contribution in [3.05, 3.63) is 0 Å². The first-order valence-electron chi connectivity index (χ1n) is 6.87. The normalized spacial score (nSPS) is 26.2. The first kappa shape index (κ1) is 14.3. The summed E-state index contributed by atoms with van der Waals surface area (Å²) < 4.78 is 26.4. The fourth-order valence-electron chi connectivity index (χ4n) is 2.81. The molecule has 2 saturated carbocycles. The molecule has 0 bridgehead atoms. The Hall–Kier alpha value is -0.130. The molecule has 0 radical (unpaired) electrons. The van der Waals surface area contributed by atoms with Gasteiger partial charge in [-0.05, 0) is 29.6 Å². The summed E-state index contributed by atoms with van der Waals surface area (Å²) in [6, 6.07) is 0.571. The third-order valence-electron chi connectivity index (χ3n) is 5.21. The number of hydrogen-bond donors (Lipinski definition) is 2. The molecule has 0 spiro atoms. The van der Waals surface area contributed by atoms with Crippen LogP contribution in [0.15, 0.2) is 0 Å². The summed E-state index contributed by atoms with van der Waals surface area (Å²) in [6.07, 6.45) is 2.38. The SMILES string of the molecule is CC1(C)C(CNS(=O)(=O)CCNC2CC2)C1(C)C. The van der Waals surface area contributed by atoms with E-state index in [4.69, 9.17) is 0 Å². The van der Waals surface area contributed by atoms with Crippen LogP contribution in [0.1, 0.15) is 40.5 Å². The van der Waals surface area contributed by atoms with Gasteiger partial charge in [0.2, 0.25) is 10.0 Å². The van der Waals surface area contributed by atoms with E-state index in [2.05, 4.69) is 37.7 Å². The highest BCUT2D eigenvalue weighted by Crippen LogP contribution is 2.67. The Morgan fingerprint density at radius 1 is 1.11 bits per heavy atom. The molecular weight excluding hydrogens is 248 g/mol. The molecule has 0 unspecified atom stereocenters. The smallest absolute Gasteiger partial charge is 0.212 e. The summed E-state index contributed by atoms with van der Waals surface area (Å²) in [4.78, 5) is 0. The molecule has 0 aromatic carbocycles. The highest BCUT2D eigenvalue weighted by molar-refractivity contribution is 7.89. The van der Waals surface area contributed by atoms with Gasteiger partial charge < -0.3 is 5.32 Å². The van der Waals surface area contributed by atoms with Crippen LogP contribution < -0.4 is 10.0 Å². The lowest BCUT2D eigenvalue weighted by molar-refractivity contribution is 0.457. The van der Waals surface area contributed by atoms with E-state index in [1.54, 1.807) is 0 Å². The molecule has 0 aromatic heterocycles. The molecule has 2 N–H and O–H groups in total. The predicted octanol–water partition coefficient (Wildman–Crippen LogP) is 1.34. The summed E-state index contributed by atoms with van der Waals surface area (Å²) in [6.45, 7) is 9.98. The zero-order chi connectivity index (χ0) is 13.6.